The number of aromatic nitrogens is 2. The molecule has 1 aromatic rings. The Hall–Kier alpha value is -1.16. The number of hydrogen-bond acceptors (Lipinski definition) is 3. The van der Waals surface area contributed by atoms with E-state index < -0.39 is 0 Å². The molecular weight excluding hydrogens is 190 g/mol. The van der Waals surface area contributed by atoms with Crippen LogP contribution in [0.25, 0.3) is 0 Å². The highest BCUT2D eigenvalue weighted by Crippen LogP contribution is 2.17. The van der Waals surface area contributed by atoms with Crippen molar-refractivity contribution in [1.29, 1.82) is 0 Å². The van der Waals surface area contributed by atoms with Crippen molar-refractivity contribution >= 4 is 0 Å². The third-order valence-electron chi connectivity index (χ3n) is 3.13. The van der Waals surface area contributed by atoms with Gasteiger partial charge in [-0.15, -0.1) is 0 Å². The first-order valence-electron chi connectivity index (χ1n) is 5.51. The molecule has 0 unspecified atom stereocenters. The fourth-order valence-corrected chi connectivity index (χ4v) is 2.07. The average Bonchev–Trinajstić information content (AvgIpc) is 2.26. The van der Waals surface area contributed by atoms with E-state index in [-0.39, 0.29) is 5.56 Å². The summed E-state index contributed by atoms with van der Waals surface area (Å²) < 4.78 is 0. The molecule has 0 saturated carbocycles. The van der Waals surface area contributed by atoms with Gasteiger partial charge in [-0.3, -0.25) is 4.79 Å². The zero-order valence-electron chi connectivity index (χ0n) is 9.05. The molecule has 0 spiro atoms. The zero-order valence-corrected chi connectivity index (χ0v) is 9.05. The van der Waals surface area contributed by atoms with Crippen molar-refractivity contribution < 1.29 is 0 Å². The minimum absolute atomic E-state index is 0.00562. The fraction of sp³-hybridized carbons (Fsp3) is 0.636. The van der Waals surface area contributed by atoms with Crippen LogP contribution in [0, 0.1) is 12.8 Å². The van der Waals surface area contributed by atoms with Gasteiger partial charge in [-0.1, -0.05) is 0 Å². The Labute approximate surface area is 89.1 Å². The molecule has 2 rings (SSSR count). The number of hydrogen-bond donors (Lipinski definition) is 2. The topological polar surface area (TPSA) is 57.8 Å². The molecule has 1 fully saturated rings. The van der Waals surface area contributed by atoms with E-state index in [1.54, 1.807) is 0 Å². The number of rotatable bonds is 2. The predicted octanol–water partition coefficient (Wildman–Crippen LogP) is 0.620. The predicted molar refractivity (Wildman–Crippen MR) is 58.9 cm³/mol. The highest BCUT2D eigenvalue weighted by molar-refractivity contribution is 5.14. The Kier molecular flexibility index (Phi) is 3.16. The van der Waals surface area contributed by atoms with E-state index in [2.05, 4.69) is 15.3 Å². The van der Waals surface area contributed by atoms with Gasteiger partial charge in [-0.2, -0.15) is 0 Å². The quantitative estimate of drug-likeness (QED) is 0.747. The summed E-state index contributed by atoms with van der Waals surface area (Å²) in [5, 5.41) is 3.34. The largest absolute Gasteiger partial charge is 0.317 e. The smallest absolute Gasteiger partial charge is 0.253 e. The summed E-state index contributed by atoms with van der Waals surface area (Å²) in [6.07, 6.45) is 4.82. The highest BCUT2D eigenvalue weighted by atomic mass is 16.1. The maximum Gasteiger partial charge on any atom is 0.253 e. The van der Waals surface area contributed by atoms with Gasteiger partial charge in [0.15, 0.2) is 0 Å². The summed E-state index contributed by atoms with van der Waals surface area (Å²) in [5.74, 6) is 0.680. The van der Waals surface area contributed by atoms with Crippen LogP contribution in [0.2, 0.25) is 0 Å². The molecule has 0 amide bonds. The van der Waals surface area contributed by atoms with E-state index in [1.807, 2.05) is 6.92 Å². The van der Waals surface area contributed by atoms with Gasteiger partial charge in [-0.25, -0.2) is 4.98 Å². The third kappa shape index (κ3) is 2.45. The third-order valence-corrected chi connectivity index (χ3v) is 3.13. The number of piperidine rings is 1. The number of nitrogens with zero attached hydrogens (tertiary/aromatic N) is 1. The first-order valence-corrected chi connectivity index (χ1v) is 5.51. The lowest BCUT2D eigenvalue weighted by molar-refractivity contribution is 0.369. The molecule has 15 heavy (non-hydrogen) atoms. The number of nitrogens with one attached hydrogen (secondary N) is 2. The normalized spacial score (nSPS) is 17.9. The lowest BCUT2D eigenvalue weighted by atomic mass is 9.92. The summed E-state index contributed by atoms with van der Waals surface area (Å²) >= 11 is 0. The van der Waals surface area contributed by atoms with Crippen LogP contribution in [0.4, 0.5) is 0 Å². The lowest BCUT2D eigenvalue weighted by Gasteiger charge is -2.22. The van der Waals surface area contributed by atoms with E-state index in [4.69, 9.17) is 0 Å². The number of aromatic amines is 1. The van der Waals surface area contributed by atoms with Crippen LogP contribution in [-0.4, -0.2) is 23.1 Å². The van der Waals surface area contributed by atoms with Crippen molar-refractivity contribution in [2.24, 2.45) is 5.92 Å². The molecule has 0 bridgehead atoms. The van der Waals surface area contributed by atoms with Crippen LogP contribution < -0.4 is 10.9 Å². The Morgan fingerprint density at radius 2 is 2.20 bits per heavy atom. The first-order chi connectivity index (χ1) is 7.27. The van der Waals surface area contributed by atoms with Crippen LogP contribution >= 0.6 is 0 Å². The summed E-state index contributed by atoms with van der Waals surface area (Å²) in [4.78, 5) is 18.2. The van der Waals surface area contributed by atoms with E-state index >= 15 is 0 Å². The number of H-pyrrole nitrogens is 1. The highest BCUT2D eigenvalue weighted by Gasteiger charge is 2.15. The van der Waals surface area contributed by atoms with Crippen molar-refractivity contribution in [2.75, 3.05) is 13.1 Å². The monoisotopic (exact) mass is 207 g/mol. The molecule has 0 aliphatic carbocycles. The van der Waals surface area contributed by atoms with Crippen LogP contribution in [0.3, 0.4) is 0 Å². The molecule has 82 valence electrons. The minimum atomic E-state index is -0.00562. The summed E-state index contributed by atoms with van der Waals surface area (Å²) in [7, 11) is 0. The van der Waals surface area contributed by atoms with Gasteiger partial charge < -0.3 is 10.3 Å². The molecule has 4 nitrogen and oxygen atoms in total. The van der Waals surface area contributed by atoms with Gasteiger partial charge in [0, 0.05) is 5.56 Å². The van der Waals surface area contributed by atoms with E-state index in [9.17, 15) is 4.79 Å². The molecule has 1 aromatic heterocycles. The van der Waals surface area contributed by atoms with Gasteiger partial charge in [0.1, 0.15) is 0 Å². The summed E-state index contributed by atoms with van der Waals surface area (Å²) in [5.41, 5.74) is 1.73. The van der Waals surface area contributed by atoms with E-state index in [1.165, 1.54) is 19.2 Å². The van der Waals surface area contributed by atoms with Crippen LogP contribution in [0.1, 0.15) is 24.1 Å². The minimum Gasteiger partial charge on any atom is -0.317 e. The second kappa shape index (κ2) is 4.57. The molecule has 1 saturated heterocycles. The first kappa shape index (κ1) is 10.4. The maximum absolute atomic E-state index is 11.4. The molecule has 1 aliphatic rings. The van der Waals surface area contributed by atoms with Gasteiger partial charge in [0.05, 0.1) is 12.0 Å². The summed E-state index contributed by atoms with van der Waals surface area (Å²) in [6, 6.07) is 0. The average molecular weight is 207 g/mol. The molecular formula is C11H17N3O. The van der Waals surface area contributed by atoms with Gasteiger partial charge in [-0.05, 0) is 45.2 Å². The second-order valence-electron chi connectivity index (χ2n) is 4.20. The van der Waals surface area contributed by atoms with Gasteiger partial charge in [0.25, 0.3) is 5.56 Å². The Morgan fingerprint density at radius 3 is 2.93 bits per heavy atom. The molecule has 4 heteroatoms. The molecule has 0 radical (unpaired) electrons. The van der Waals surface area contributed by atoms with Crippen molar-refractivity contribution in [1.82, 2.24) is 15.3 Å². The Bertz CT molecular complexity index is 380. The Balaban J connectivity index is 2.09. The lowest BCUT2D eigenvalue weighted by Crippen LogP contribution is -2.29. The molecule has 0 aromatic carbocycles. The second-order valence-corrected chi connectivity index (χ2v) is 4.20. The maximum atomic E-state index is 11.4. The molecule has 2 N–H and O–H groups in total. The van der Waals surface area contributed by atoms with Gasteiger partial charge in [0.2, 0.25) is 0 Å². The SMILES string of the molecule is Cc1c(CC2CCNCC2)nc[nH]c1=O. The van der Waals surface area contributed by atoms with Crippen molar-refractivity contribution in [2.45, 2.75) is 26.2 Å². The van der Waals surface area contributed by atoms with E-state index in [0.717, 1.165) is 30.8 Å². The molecule has 1 aliphatic heterocycles. The van der Waals surface area contributed by atoms with Crippen LogP contribution in [-0.2, 0) is 6.42 Å². The Morgan fingerprint density at radius 1 is 1.47 bits per heavy atom. The molecule has 2 heterocycles. The van der Waals surface area contributed by atoms with Crippen molar-refractivity contribution in [3.8, 4) is 0 Å². The van der Waals surface area contributed by atoms with Crippen molar-refractivity contribution in [3.05, 3.63) is 27.9 Å². The van der Waals surface area contributed by atoms with Crippen molar-refractivity contribution in [3.63, 3.8) is 0 Å². The van der Waals surface area contributed by atoms with Crippen LogP contribution in [0.5, 0.6) is 0 Å². The van der Waals surface area contributed by atoms with Gasteiger partial charge >= 0.3 is 0 Å². The zero-order chi connectivity index (χ0) is 10.7. The standard InChI is InChI=1S/C11H17N3O/c1-8-10(13-7-14-11(8)15)6-9-2-4-12-5-3-9/h7,9,12H,2-6H2,1H3,(H,13,14,15). The molecule has 0 atom stereocenters. The fourth-order valence-electron chi connectivity index (χ4n) is 2.07. The van der Waals surface area contributed by atoms with Crippen LogP contribution in [0.15, 0.2) is 11.1 Å². The summed E-state index contributed by atoms with van der Waals surface area (Å²) in [6.45, 7) is 4.03. The van der Waals surface area contributed by atoms with E-state index in [0.29, 0.717) is 5.92 Å².